The van der Waals surface area contributed by atoms with E-state index >= 15 is 0 Å². The summed E-state index contributed by atoms with van der Waals surface area (Å²) in [5.41, 5.74) is 2.61. The number of anilines is 1. The molecule has 0 saturated carbocycles. The molecule has 0 atom stereocenters. The normalized spacial score (nSPS) is 14.7. The largest absolute Gasteiger partial charge is 0.481 e. The standard InChI is InChI=1S/C21H25N3O3/c1-15-4-6-16(7-5-15)20(25)17-10-12-24(13-11-17)21(26)23(2)18-8-9-19(27-3)22-14-18/h4-9,14,17H,10-13H2,1-3H3. The van der Waals surface area contributed by atoms with Crippen LogP contribution in [0.15, 0.2) is 42.6 Å². The van der Waals surface area contributed by atoms with E-state index in [0.717, 1.165) is 11.1 Å². The van der Waals surface area contributed by atoms with Crippen LogP contribution in [0, 0.1) is 12.8 Å². The van der Waals surface area contributed by atoms with Crippen LogP contribution in [-0.2, 0) is 0 Å². The number of Topliss-reactive ketones (excluding diaryl/α,β-unsaturated/α-hetero) is 1. The Balaban J connectivity index is 1.58. The number of urea groups is 1. The molecule has 1 aromatic carbocycles. The number of likely N-dealkylation sites (tertiary alicyclic amines) is 1. The number of ether oxygens (including phenoxy) is 1. The van der Waals surface area contributed by atoms with E-state index in [1.54, 1.807) is 42.3 Å². The fourth-order valence-electron chi connectivity index (χ4n) is 3.30. The molecular weight excluding hydrogens is 342 g/mol. The Morgan fingerprint density at radius 3 is 2.33 bits per heavy atom. The first-order chi connectivity index (χ1) is 13.0. The lowest BCUT2D eigenvalue weighted by Crippen LogP contribution is -2.46. The van der Waals surface area contributed by atoms with E-state index in [9.17, 15) is 9.59 Å². The SMILES string of the molecule is COc1ccc(N(C)C(=O)N2CCC(C(=O)c3ccc(C)cc3)CC2)cn1. The number of aryl methyl sites for hydroxylation is 1. The molecule has 1 aliphatic heterocycles. The van der Waals surface area contributed by atoms with Gasteiger partial charge in [0.25, 0.3) is 0 Å². The van der Waals surface area contributed by atoms with E-state index in [-0.39, 0.29) is 17.7 Å². The van der Waals surface area contributed by atoms with E-state index in [4.69, 9.17) is 4.74 Å². The summed E-state index contributed by atoms with van der Waals surface area (Å²) < 4.78 is 5.05. The number of nitrogens with zero attached hydrogens (tertiary/aromatic N) is 3. The number of carbonyl (C=O) groups is 2. The lowest BCUT2D eigenvalue weighted by Gasteiger charge is -2.34. The van der Waals surface area contributed by atoms with Crippen molar-refractivity contribution in [1.29, 1.82) is 0 Å². The van der Waals surface area contributed by atoms with E-state index < -0.39 is 0 Å². The molecule has 27 heavy (non-hydrogen) atoms. The monoisotopic (exact) mass is 367 g/mol. The van der Waals surface area contributed by atoms with Gasteiger partial charge in [-0.05, 0) is 25.8 Å². The summed E-state index contributed by atoms with van der Waals surface area (Å²) in [5.74, 6) is 0.662. The highest BCUT2D eigenvalue weighted by Gasteiger charge is 2.29. The number of amides is 2. The molecule has 0 spiro atoms. The van der Waals surface area contributed by atoms with Crippen LogP contribution in [0.1, 0.15) is 28.8 Å². The third-order valence-corrected chi connectivity index (χ3v) is 5.08. The molecule has 142 valence electrons. The van der Waals surface area contributed by atoms with E-state index in [1.165, 1.54) is 0 Å². The fourth-order valence-corrected chi connectivity index (χ4v) is 3.30. The van der Waals surface area contributed by atoms with Gasteiger partial charge in [0, 0.05) is 37.7 Å². The number of piperidine rings is 1. The van der Waals surface area contributed by atoms with Crippen LogP contribution in [0.3, 0.4) is 0 Å². The minimum absolute atomic E-state index is 0.0234. The van der Waals surface area contributed by atoms with E-state index in [2.05, 4.69) is 4.98 Å². The van der Waals surface area contributed by atoms with Crippen molar-refractivity contribution >= 4 is 17.5 Å². The number of rotatable bonds is 4. The first-order valence-electron chi connectivity index (χ1n) is 9.13. The summed E-state index contributed by atoms with van der Waals surface area (Å²) in [7, 11) is 3.29. The lowest BCUT2D eigenvalue weighted by molar-refractivity contribution is 0.0857. The Morgan fingerprint density at radius 1 is 1.11 bits per heavy atom. The van der Waals surface area contributed by atoms with Crippen LogP contribution < -0.4 is 9.64 Å². The summed E-state index contributed by atoms with van der Waals surface area (Å²) in [6, 6.07) is 11.2. The third kappa shape index (κ3) is 4.27. The number of benzene rings is 1. The molecule has 1 aliphatic rings. The minimum atomic E-state index is -0.0804. The van der Waals surface area contributed by atoms with Crippen LogP contribution >= 0.6 is 0 Å². The Hall–Kier alpha value is -2.89. The number of pyridine rings is 1. The molecule has 0 aliphatic carbocycles. The van der Waals surface area contributed by atoms with E-state index in [0.29, 0.717) is 37.5 Å². The van der Waals surface area contributed by atoms with Gasteiger partial charge in [-0.3, -0.25) is 9.69 Å². The van der Waals surface area contributed by atoms with Crippen molar-refractivity contribution in [3.05, 3.63) is 53.7 Å². The first kappa shape index (κ1) is 18.9. The van der Waals surface area contributed by atoms with Crippen molar-refractivity contribution in [1.82, 2.24) is 9.88 Å². The van der Waals surface area contributed by atoms with E-state index in [1.807, 2.05) is 31.2 Å². The minimum Gasteiger partial charge on any atom is -0.481 e. The highest BCUT2D eigenvalue weighted by atomic mass is 16.5. The highest BCUT2D eigenvalue weighted by Crippen LogP contribution is 2.24. The third-order valence-electron chi connectivity index (χ3n) is 5.08. The van der Waals surface area contributed by atoms with Crippen molar-refractivity contribution in [3.63, 3.8) is 0 Å². The van der Waals surface area contributed by atoms with Crippen LogP contribution in [0.2, 0.25) is 0 Å². The number of carbonyl (C=O) groups excluding carboxylic acids is 2. The maximum Gasteiger partial charge on any atom is 0.324 e. The number of hydrogen-bond acceptors (Lipinski definition) is 4. The average molecular weight is 367 g/mol. The molecule has 0 radical (unpaired) electrons. The van der Waals surface area contributed by atoms with Crippen LogP contribution in [0.25, 0.3) is 0 Å². The molecule has 1 aromatic heterocycles. The summed E-state index contributed by atoms with van der Waals surface area (Å²) in [5, 5.41) is 0. The van der Waals surface area contributed by atoms with Crippen LogP contribution in [0.5, 0.6) is 5.88 Å². The molecule has 2 amide bonds. The number of aromatic nitrogens is 1. The maximum atomic E-state index is 12.7. The Bertz CT molecular complexity index is 794. The summed E-state index contributed by atoms with van der Waals surface area (Å²) >= 11 is 0. The summed E-state index contributed by atoms with van der Waals surface area (Å²) in [4.78, 5) is 32.9. The second-order valence-corrected chi connectivity index (χ2v) is 6.89. The van der Waals surface area contributed by atoms with Crippen molar-refractivity contribution in [2.45, 2.75) is 19.8 Å². The van der Waals surface area contributed by atoms with Gasteiger partial charge in [0.2, 0.25) is 5.88 Å². The molecule has 1 saturated heterocycles. The second kappa shape index (κ2) is 8.20. The highest BCUT2D eigenvalue weighted by molar-refractivity contribution is 5.98. The molecule has 2 heterocycles. The molecular formula is C21H25N3O3. The van der Waals surface area contributed by atoms with Gasteiger partial charge in [-0.15, -0.1) is 0 Å². The zero-order chi connectivity index (χ0) is 19.4. The summed E-state index contributed by atoms with van der Waals surface area (Å²) in [6.45, 7) is 3.16. The van der Waals surface area contributed by atoms with Crippen molar-refractivity contribution < 1.29 is 14.3 Å². The molecule has 6 nitrogen and oxygen atoms in total. The molecule has 0 N–H and O–H groups in total. The fraction of sp³-hybridized carbons (Fsp3) is 0.381. The lowest BCUT2D eigenvalue weighted by atomic mass is 9.89. The predicted molar refractivity (Wildman–Crippen MR) is 104 cm³/mol. The molecule has 0 unspecified atom stereocenters. The average Bonchev–Trinajstić information content (AvgIpc) is 2.73. The van der Waals surface area contributed by atoms with Crippen molar-refractivity contribution in [3.8, 4) is 5.88 Å². The molecule has 0 bridgehead atoms. The molecule has 3 rings (SSSR count). The quantitative estimate of drug-likeness (QED) is 0.776. The second-order valence-electron chi connectivity index (χ2n) is 6.89. The first-order valence-corrected chi connectivity index (χ1v) is 9.13. The zero-order valence-electron chi connectivity index (χ0n) is 16.0. The zero-order valence-corrected chi connectivity index (χ0v) is 16.0. The Kier molecular flexibility index (Phi) is 5.74. The maximum absolute atomic E-state index is 12.7. The number of ketones is 1. The van der Waals surface area contributed by atoms with Crippen LogP contribution in [-0.4, -0.2) is 48.9 Å². The number of methoxy groups -OCH3 is 1. The van der Waals surface area contributed by atoms with Crippen molar-refractivity contribution in [2.24, 2.45) is 5.92 Å². The predicted octanol–water partition coefficient (Wildman–Crippen LogP) is 3.55. The van der Waals surface area contributed by atoms with Gasteiger partial charge in [-0.25, -0.2) is 9.78 Å². The Labute approximate surface area is 159 Å². The van der Waals surface area contributed by atoms with Gasteiger partial charge < -0.3 is 9.64 Å². The molecule has 1 fully saturated rings. The van der Waals surface area contributed by atoms with Gasteiger partial charge in [-0.1, -0.05) is 29.8 Å². The van der Waals surface area contributed by atoms with Gasteiger partial charge >= 0.3 is 6.03 Å². The Morgan fingerprint density at radius 2 is 1.78 bits per heavy atom. The van der Waals surface area contributed by atoms with Gasteiger partial charge in [0.15, 0.2) is 5.78 Å². The van der Waals surface area contributed by atoms with Crippen LogP contribution in [0.4, 0.5) is 10.5 Å². The molecule has 2 aromatic rings. The number of hydrogen-bond donors (Lipinski definition) is 0. The topological polar surface area (TPSA) is 62.7 Å². The smallest absolute Gasteiger partial charge is 0.324 e. The van der Waals surface area contributed by atoms with Gasteiger partial charge in [-0.2, -0.15) is 0 Å². The summed E-state index contributed by atoms with van der Waals surface area (Å²) in [6.07, 6.45) is 2.99. The van der Waals surface area contributed by atoms with Gasteiger partial charge in [0.1, 0.15) is 0 Å². The molecule has 6 heteroatoms. The van der Waals surface area contributed by atoms with Crippen molar-refractivity contribution in [2.75, 3.05) is 32.1 Å². The van der Waals surface area contributed by atoms with Gasteiger partial charge in [0.05, 0.1) is 19.0 Å².